The first-order valence-electron chi connectivity index (χ1n) is 9.19. The molecule has 28 heavy (non-hydrogen) atoms. The molecule has 3 aromatic carbocycles. The molecule has 3 nitrogen and oxygen atoms in total. The highest BCUT2D eigenvalue weighted by Gasteiger charge is 2.17. The maximum absolute atomic E-state index is 12.9. The van der Waals surface area contributed by atoms with Crippen molar-refractivity contribution in [3.63, 3.8) is 0 Å². The van der Waals surface area contributed by atoms with Gasteiger partial charge in [-0.05, 0) is 28.8 Å². The van der Waals surface area contributed by atoms with Crippen molar-refractivity contribution >= 4 is 33.2 Å². The van der Waals surface area contributed by atoms with Crippen molar-refractivity contribution in [1.82, 2.24) is 9.78 Å². The SMILES string of the molecule is Cc1nn(Cc2ccccc2)c(Cl)c1C[S@@](=O)Cc1cccc2ccccc12. The fraction of sp³-hybridized carbons (Fsp3) is 0.174. The minimum Gasteiger partial charge on any atom is -0.259 e. The van der Waals surface area contributed by atoms with E-state index in [0.717, 1.165) is 27.8 Å². The van der Waals surface area contributed by atoms with E-state index < -0.39 is 10.8 Å². The molecule has 0 amide bonds. The second-order valence-electron chi connectivity index (χ2n) is 6.86. The summed E-state index contributed by atoms with van der Waals surface area (Å²) in [6.45, 7) is 2.54. The summed E-state index contributed by atoms with van der Waals surface area (Å²) in [6.07, 6.45) is 0. The number of nitrogens with zero attached hydrogens (tertiary/aromatic N) is 2. The Kier molecular flexibility index (Phi) is 5.60. The number of rotatable bonds is 6. The highest BCUT2D eigenvalue weighted by atomic mass is 35.5. The van der Waals surface area contributed by atoms with Crippen molar-refractivity contribution in [3.8, 4) is 0 Å². The van der Waals surface area contributed by atoms with Gasteiger partial charge in [0, 0.05) is 22.1 Å². The summed E-state index contributed by atoms with van der Waals surface area (Å²) >= 11 is 6.59. The van der Waals surface area contributed by atoms with Crippen LogP contribution in [0.25, 0.3) is 10.8 Å². The van der Waals surface area contributed by atoms with Crippen LogP contribution in [0.15, 0.2) is 72.8 Å². The molecule has 1 atom stereocenters. The molecule has 142 valence electrons. The zero-order valence-corrected chi connectivity index (χ0v) is 17.2. The van der Waals surface area contributed by atoms with Crippen LogP contribution in [0, 0.1) is 6.92 Å². The van der Waals surface area contributed by atoms with E-state index in [1.807, 2.05) is 61.5 Å². The van der Waals surface area contributed by atoms with Gasteiger partial charge in [-0.2, -0.15) is 5.10 Å². The predicted octanol–water partition coefficient (Wildman–Crippen LogP) is 5.50. The van der Waals surface area contributed by atoms with Gasteiger partial charge in [-0.15, -0.1) is 0 Å². The van der Waals surface area contributed by atoms with Crippen molar-refractivity contribution < 1.29 is 4.21 Å². The monoisotopic (exact) mass is 408 g/mol. The van der Waals surface area contributed by atoms with Crippen LogP contribution < -0.4 is 0 Å². The second kappa shape index (κ2) is 8.29. The molecule has 0 spiro atoms. The fourth-order valence-electron chi connectivity index (χ4n) is 3.42. The van der Waals surface area contributed by atoms with Gasteiger partial charge in [-0.1, -0.05) is 84.4 Å². The molecule has 0 radical (unpaired) electrons. The van der Waals surface area contributed by atoms with Crippen molar-refractivity contribution in [2.24, 2.45) is 0 Å². The van der Waals surface area contributed by atoms with Crippen LogP contribution in [-0.4, -0.2) is 14.0 Å². The lowest BCUT2D eigenvalue weighted by atomic mass is 10.1. The van der Waals surface area contributed by atoms with Crippen molar-refractivity contribution in [2.75, 3.05) is 0 Å². The van der Waals surface area contributed by atoms with E-state index in [0.29, 0.717) is 23.2 Å². The smallest absolute Gasteiger partial charge is 0.131 e. The molecule has 0 fully saturated rings. The van der Waals surface area contributed by atoms with Crippen LogP contribution >= 0.6 is 11.6 Å². The van der Waals surface area contributed by atoms with Crippen molar-refractivity contribution in [3.05, 3.63) is 100 Å². The van der Waals surface area contributed by atoms with Gasteiger partial charge in [0.15, 0.2) is 0 Å². The topological polar surface area (TPSA) is 34.9 Å². The Morgan fingerprint density at radius 2 is 1.64 bits per heavy atom. The van der Waals surface area contributed by atoms with Crippen LogP contribution in [0.3, 0.4) is 0 Å². The third kappa shape index (κ3) is 4.03. The highest BCUT2D eigenvalue weighted by Crippen LogP contribution is 2.25. The molecular formula is C23H21ClN2OS. The summed E-state index contributed by atoms with van der Waals surface area (Å²) < 4.78 is 14.7. The Hall–Kier alpha value is -2.43. The number of benzene rings is 3. The van der Waals surface area contributed by atoms with E-state index >= 15 is 0 Å². The molecule has 1 heterocycles. The van der Waals surface area contributed by atoms with Crippen LogP contribution in [0.5, 0.6) is 0 Å². The number of hydrogen-bond acceptors (Lipinski definition) is 2. The van der Waals surface area contributed by atoms with Gasteiger partial charge in [-0.3, -0.25) is 4.21 Å². The van der Waals surface area contributed by atoms with E-state index in [1.165, 1.54) is 5.39 Å². The largest absolute Gasteiger partial charge is 0.259 e. The van der Waals surface area contributed by atoms with E-state index in [4.69, 9.17) is 11.6 Å². The summed E-state index contributed by atoms with van der Waals surface area (Å²) in [5.74, 6) is 0.906. The summed E-state index contributed by atoms with van der Waals surface area (Å²) in [4.78, 5) is 0. The number of halogens is 1. The molecule has 0 N–H and O–H groups in total. The average molecular weight is 409 g/mol. The molecule has 5 heteroatoms. The van der Waals surface area contributed by atoms with E-state index in [2.05, 4.69) is 23.3 Å². The quantitative estimate of drug-likeness (QED) is 0.422. The summed E-state index contributed by atoms with van der Waals surface area (Å²) in [6, 6.07) is 24.4. The van der Waals surface area contributed by atoms with Crippen LogP contribution in [0.4, 0.5) is 0 Å². The summed E-state index contributed by atoms with van der Waals surface area (Å²) in [5, 5.41) is 7.46. The normalized spacial score (nSPS) is 12.4. The molecule has 0 saturated carbocycles. The number of hydrogen-bond donors (Lipinski definition) is 0. The first kappa shape index (κ1) is 18.9. The van der Waals surface area contributed by atoms with Crippen molar-refractivity contribution in [2.45, 2.75) is 25.0 Å². The van der Waals surface area contributed by atoms with E-state index in [-0.39, 0.29) is 0 Å². The van der Waals surface area contributed by atoms with E-state index in [9.17, 15) is 4.21 Å². The maximum Gasteiger partial charge on any atom is 0.131 e. The molecular weight excluding hydrogens is 388 g/mol. The lowest BCUT2D eigenvalue weighted by molar-refractivity contribution is 0.679. The van der Waals surface area contributed by atoms with Gasteiger partial charge in [0.1, 0.15) is 5.15 Å². The molecule has 0 aliphatic carbocycles. The third-order valence-electron chi connectivity index (χ3n) is 4.86. The molecule has 4 rings (SSSR count). The van der Waals surface area contributed by atoms with E-state index in [1.54, 1.807) is 4.68 Å². The Balaban J connectivity index is 1.53. The average Bonchev–Trinajstić information content (AvgIpc) is 2.96. The van der Waals surface area contributed by atoms with Gasteiger partial charge >= 0.3 is 0 Å². The van der Waals surface area contributed by atoms with Gasteiger partial charge < -0.3 is 0 Å². The zero-order valence-electron chi connectivity index (χ0n) is 15.6. The lowest BCUT2D eigenvalue weighted by Crippen LogP contribution is -2.03. The zero-order chi connectivity index (χ0) is 19.5. The molecule has 0 saturated heterocycles. The Morgan fingerprint density at radius 3 is 2.46 bits per heavy atom. The Morgan fingerprint density at radius 1 is 0.929 bits per heavy atom. The molecule has 0 bridgehead atoms. The van der Waals surface area contributed by atoms with Crippen LogP contribution in [-0.2, 0) is 28.9 Å². The minimum atomic E-state index is -1.07. The molecule has 4 aromatic rings. The summed E-state index contributed by atoms with van der Waals surface area (Å²) in [7, 11) is -1.07. The van der Waals surface area contributed by atoms with Crippen LogP contribution in [0.1, 0.15) is 22.4 Å². The molecule has 0 unspecified atom stereocenters. The number of fused-ring (bicyclic) bond motifs is 1. The molecule has 0 aliphatic heterocycles. The van der Waals surface area contributed by atoms with Gasteiger partial charge in [0.05, 0.1) is 18.0 Å². The summed E-state index contributed by atoms with van der Waals surface area (Å²) in [5.41, 5.74) is 3.94. The van der Waals surface area contributed by atoms with Gasteiger partial charge in [0.25, 0.3) is 0 Å². The third-order valence-corrected chi connectivity index (χ3v) is 6.53. The number of aromatic nitrogens is 2. The molecule has 1 aromatic heterocycles. The minimum absolute atomic E-state index is 0.405. The van der Waals surface area contributed by atoms with Gasteiger partial charge in [-0.25, -0.2) is 4.68 Å². The first-order chi connectivity index (χ1) is 13.6. The number of aryl methyl sites for hydroxylation is 1. The second-order valence-corrected chi connectivity index (χ2v) is 8.68. The van der Waals surface area contributed by atoms with Gasteiger partial charge in [0.2, 0.25) is 0 Å². The fourth-order valence-corrected chi connectivity index (χ4v) is 5.17. The first-order valence-corrected chi connectivity index (χ1v) is 11.1. The predicted molar refractivity (Wildman–Crippen MR) is 117 cm³/mol. The van der Waals surface area contributed by atoms with Crippen LogP contribution in [0.2, 0.25) is 5.15 Å². The Labute approximate surface area is 172 Å². The maximum atomic E-state index is 12.9. The van der Waals surface area contributed by atoms with Crippen molar-refractivity contribution in [1.29, 1.82) is 0 Å². The standard InChI is InChI=1S/C23H21ClN2OS/c1-17-22(23(24)26(25-17)14-18-8-3-2-4-9-18)16-28(27)15-20-12-7-11-19-10-5-6-13-21(19)20/h2-13H,14-16H2,1H3/t28-/m0/s1. The Bertz CT molecular complexity index is 1130. The highest BCUT2D eigenvalue weighted by molar-refractivity contribution is 7.83. The lowest BCUT2D eigenvalue weighted by Gasteiger charge is -2.07. The molecule has 0 aliphatic rings.